The van der Waals surface area contributed by atoms with Crippen LogP contribution < -0.4 is 0 Å². The van der Waals surface area contributed by atoms with Crippen LogP contribution in [-0.2, 0) is 0 Å². The molecule has 1 aromatic heterocycles. The average Bonchev–Trinajstić information content (AvgIpc) is 2.95. The van der Waals surface area contributed by atoms with Crippen LogP contribution in [0.15, 0.2) is 59.2 Å². The van der Waals surface area contributed by atoms with Crippen molar-refractivity contribution in [3.05, 3.63) is 76.0 Å². The monoisotopic (exact) mass is 343 g/mol. The van der Waals surface area contributed by atoms with Gasteiger partial charge < -0.3 is 5.11 Å². The topological polar surface area (TPSA) is 50.9 Å². The molecule has 0 aliphatic rings. The fraction of sp³-hybridized carbons (Fsp3) is 0.125. The maximum Gasteiger partial charge on any atom is 0.123 e. The van der Waals surface area contributed by atoms with Gasteiger partial charge >= 0.3 is 0 Å². The normalized spacial score (nSPS) is 12.3. The van der Waals surface area contributed by atoms with Crippen LogP contribution in [0.25, 0.3) is 5.69 Å². The Bertz CT molecular complexity index is 735. The predicted molar refractivity (Wildman–Crippen MR) is 84.3 cm³/mol. The zero-order valence-corrected chi connectivity index (χ0v) is 13.0. The van der Waals surface area contributed by atoms with E-state index in [0.29, 0.717) is 5.69 Å². The molecule has 21 heavy (non-hydrogen) atoms. The summed E-state index contributed by atoms with van der Waals surface area (Å²) >= 11 is 3.46. The van der Waals surface area contributed by atoms with E-state index < -0.39 is 6.10 Å². The summed E-state index contributed by atoms with van der Waals surface area (Å²) in [6.45, 7) is 1.99. The molecule has 1 N–H and O–H groups in total. The van der Waals surface area contributed by atoms with E-state index in [1.807, 2.05) is 55.5 Å². The van der Waals surface area contributed by atoms with Crippen molar-refractivity contribution < 1.29 is 5.11 Å². The zero-order chi connectivity index (χ0) is 14.8. The molecule has 106 valence electrons. The number of nitrogens with zero attached hydrogens (tertiary/aromatic N) is 3. The minimum atomic E-state index is -0.781. The second-order valence-corrected chi connectivity index (χ2v) is 5.79. The van der Waals surface area contributed by atoms with Gasteiger partial charge in [0, 0.05) is 4.47 Å². The maximum absolute atomic E-state index is 10.7. The molecule has 4 nitrogen and oxygen atoms in total. The predicted octanol–water partition coefficient (Wildman–Crippen LogP) is 3.42. The Morgan fingerprint density at radius 2 is 1.90 bits per heavy atom. The molecule has 0 spiro atoms. The first-order valence-corrected chi connectivity index (χ1v) is 7.35. The molecular formula is C16H14BrN3O. The SMILES string of the molecule is Cc1cc(Br)cc(C(O)c2cnnn2-c2ccccc2)c1. The van der Waals surface area contributed by atoms with Gasteiger partial charge in [-0.05, 0) is 42.3 Å². The van der Waals surface area contributed by atoms with Crippen molar-refractivity contribution in [3.8, 4) is 5.69 Å². The highest BCUT2D eigenvalue weighted by Gasteiger charge is 2.18. The smallest absolute Gasteiger partial charge is 0.123 e. The van der Waals surface area contributed by atoms with E-state index in [0.717, 1.165) is 21.3 Å². The average molecular weight is 344 g/mol. The maximum atomic E-state index is 10.7. The fourth-order valence-corrected chi connectivity index (χ4v) is 2.92. The van der Waals surface area contributed by atoms with Crippen molar-refractivity contribution in [2.45, 2.75) is 13.0 Å². The molecule has 0 radical (unpaired) electrons. The number of benzene rings is 2. The standard InChI is InChI=1S/C16H14BrN3O/c1-11-7-12(9-13(17)8-11)16(21)15-10-18-19-20(15)14-5-3-2-4-6-14/h2-10,16,21H,1H3. The van der Waals surface area contributed by atoms with E-state index >= 15 is 0 Å². The Kier molecular flexibility index (Phi) is 3.86. The van der Waals surface area contributed by atoms with Gasteiger partial charge in [0.2, 0.25) is 0 Å². The van der Waals surface area contributed by atoms with Gasteiger partial charge in [0.05, 0.1) is 17.6 Å². The summed E-state index contributed by atoms with van der Waals surface area (Å²) in [5.74, 6) is 0. The van der Waals surface area contributed by atoms with Gasteiger partial charge in [0.15, 0.2) is 0 Å². The summed E-state index contributed by atoms with van der Waals surface area (Å²) in [5.41, 5.74) is 3.40. The number of aliphatic hydroxyl groups excluding tert-OH is 1. The molecule has 0 saturated carbocycles. The van der Waals surface area contributed by atoms with Crippen LogP contribution >= 0.6 is 15.9 Å². The number of rotatable bonds is 3. The molecule has 0 aliphatic heterocycles. The van der Waals surface area contributed by atoms with Crippen LogP contribution in [0.3, 0.4) is 0 Å². The van der Waals surface area contributed by atoms with Gasteiger partial charge in [-0.1, -0.05) is 45.4 Å². The van der Waals surface area contributed by atoms with Crippen LogP contribution in [0.1, 0.15) is 22.9 Å². The quantitative estimate of drug-likeness (QED) is 0.792. The number of hydrogen-bond acceptors (Lipinski definition) is 3. The molecule has 5 heteroatoms. The number of para-hydroxylation sites is 1. The van der Waals surface area contributed by atoms with Crippen LogP contribution in [-0.4, -0.2) is 20.1 Å². The zero-order valence-electron chi connectivity index (χ0n) is 11.4. The summed E-state index contributed by atoms with van der Waals surface area (Å²) in [6.07, 6.45) is 0.810. The first-order chi connectivity index (χ1) is 10.1. The number of hydrogen-bond donors (Lipinski definition) is 1. The van der Waals surface area contributed by atoms with Gasteiger partial charge in [-0.25, -0.2) is 4.68 Å². The second-order valence-electron chi connectivity index (χ2n) is 4.87. The van der Waals surface area contributed by atoms with Gasteiger partial charge in [-0.2, -0.15) is 0 Å². The van der Waals surface area contributed by atoms with Crippen molar-refractivity contribution in [3.63, 3.8) is 0 Å². The van der Waals surface area contributed by atoms with E-state index in [9.17, 15) is 5.11 Å². The van der Waals surface area contributed by atoms with E-state index in [-0.39, 0.29) is 0 Å². The summed E-state index contributed by atoms with van der Waals surface area (Å²) < 4.78 is 2.59. The Morgan fingerprint density at radius 3 is 2.62 bits per heavy atom. The molecule has 3 aromatic rings. The number of aromatic nitrogens is 3. The summed E-state index contributed by atoms with van der Waals surface area (Å²) in [6, 6.07) is 15.5. The van der Waals surface area contributed by atoms with Crippen molar-refractivity contribution in [2.24, 2.45) is 0 Å². The van der Waals surface area contributed by atoms with Crippen molar-refractivity contribution in [1.82, 2.24) is 15.0 Å². The number of halogens is 1. The molecule has 3 rings (SSSR count). The Labute approximate surface area is 131 Å². The third-order valence-corrected chi connectivity index (χ3v) is 3.69. The first kappa shape index (κ1) is 14.0. The van der Waals surface area contributed by atoms with Crippen LogP contribution in [0.5, 0.6) is 0 Å². The van der Waals surface area contributed by atoms with E-state index in [2.05, 4.69) is 26.2 Å². The molecule has 0 amide bonds. The highest BCUT2D eigenvalue weighted by Crippen LogP contribution is 2.26. The summed E-state index contributed by atoms with van der Waals surface area (Å²) in [4.78, 5) is 0. The van der Waals surface area contributed by atoms with Gasteiger partial charge in [-0.15, -0.1) is 5.10 Å². The third kappa shape index (κ3) is 2.89. The Balaban J connectivity index is 2.03. The summed E-state index contributed by atoms with van der Waals surface area (Å²) in [5, 5.41) is 18.7. The minimum absolute atomic E-state index is 0.638. The molecule has 0 bridgehead atoms. The molecule has 0 fully saturated rings. The third-order valence-electron chi connectivity index (χ3n) is 3.24. The molecule has 2 aromatic carbocycles. The van der Waals surface area contributed by atoms with Crippen molar-refractivity contribution >= 4 is 15.9 Å². The van der Waals surface area contributed by atoms with Crippen molar-refractivity contribution in [1.29, 1.82) is 0 Å². The van der Waals surface area contributed by atoms with Crippen molar-refractivity contribution in [2.75, 3.05) is 0 Å². The Hall–Kier alpha value is -1.98. The number of aliphatic hydroxyl groups is 1. The van der Waals surface area contributed by atoms with Crippen LogP contribution in [0, 0.1) is 6.92 Å². The molecule has 1 atom stereocenters. The van der Waals surface area contributed by atoms with Gasteiger partial charge in [-0.3, -0.25) is 0 Å². The molecule has 1 unspecified atom stereocenters. The lowest BCUT2D eigenvalue weighted by Gasteiger charge is -2.14. The lowest BCUT2D eigenvalue weighted by Crippen LogP contribution is -2.08. The number of aryl methyl sites for hydroxylation is 1. The second kappa shape index (κ2) is 5.79. The van der Waals surface area contributed by atoms with Gasteiger partial charge in [0.1, 0.15) is 6.10 Å². The van der Waals surface area contributed by atoms with E-state index in [1.54, 1.807) is 10.9 Å². The summed E-state index contributed by atoms with van der Waals surface area (Å²) in [7, 11) is 0. The minimum Gasteiger partial charge on any atom is -0.382 e. The highest BCUT2D eigenvalue weighted by molar-refractivity contribution is 9.10. The molecule has 0 aliphatic carbocycles. The lowest BCUT2D eigenvalue weighted by molar-refractivity contribution is 0.212. The fourth-order valence-electron chi connectivity index (χ4n) is 2.29. The van der Waals surface area contributed by atoms with Gasteiger partial charge in [0.25, 0.3) is 0 Å². The first-order valence-electron chi connectivity index (χ1n) is 6.56. The van der Waals surface area contributed by atoms with E-state index in [4.69, 9.17) is 0 Å². The molecular weight excluding hydrogens is 330 g/mol. The Morgan fingerprint density at radius 1 is 1.14 bits per heavy atom. The lowest BCUT2D eigenvalue weighted by atomic mass is 10.0. The molecule has 0 saturated heterocycles. The van der Waals surface area contributed by atoms with Crippen LogP contribution in [0.2, 0.25) is 0 Å². The van der Waals surface area contributed by atoms with Crippen LogP contribution in [0.4, 0.5) is 0 Å². The molecule has 1 heterocycles. The largest absolute Gasteiger partial charge is 0.382 e. The van der Waals surface area contributed by atoms with E-state index in [1.165, 1.54) is 0 Å². The highest BCUT2D eigenvalue weighted by atomic mass is 79.9.